The van der Waals surface area contributed by atoms with Crippen LogP contribution in [0, 0.1) is 5.82 Å². The summed E-state index contributed by atoms with van der Waals surface area (Å²) in [6.45, 7) is 3.33. The monoisotopic (exact) mass is 419 g/mol. The summed E-state index contributed by atoms with van der Waals surface area (Å²) in [4.78, 5) is 30.7. The Bertz CT molecular complexity index is 1110. The second-order valence-corrected chi connectivity index (χ2v) is 8.50. The molecule has 6 heteroatoms. The van der Waals surface area contributed by atoms with Crippen molar-refractivity contribution in [3.8, 4) is 0 Å². The molecule has 160 valence electrons. The van der Waals surface area contributed by atoms with E-state index in [2.05, 4.69) is 4.90 Å². The van der Waals surface area contributed by atoms with E-state index < -0.39 is 0 Å². The highest BCUT2D eigenvalue weighted by atomic mass is 19.1. The highest BCUT2D eigenvalue weighted by Crippen LogP contribution is 2.26. The number of carbonyl (C=O) groups is 2. The fourth-order valence-electron chi connectivity index (χ4n) is 4.99. The summed E-state index contributed by atoms with van der Waals surface area (Å²) in [5.41, 5.74) is 1.71. The molecule has 0 radical (unpaired) electrons. The van der Waals surface area contributed by atoms with Gasteiger partial charge in [0.2, 0.25) is 0 Å². The van der Waals surface area contributed by atoms with Crippen LogP contribution in [0.3, 0.4) is 0 Å². The largest absolute Gasteiger partial charge is 0.336 e. The van der Waals surface area contributed by atoms with Crippen LogP contribution < -0.4 is 0 Å². The first-order valence-electron chi connectivity index (χ1n) is 11.1. The predicted octanol–water partition coefficient (Wildman–Crippen LogP) is 4.17. The minimum Gasteiger partial charge on any atom is -0.336 e. The van der Waals surface area contributed by atoms with Crippen molar-refractivity contribution in [2.24, 2.45) is 0 Å². The number of aromatic nitrogens is 1. The van der Waals surface area contributed by atoms with Gasteiger partial charge in [-0.15, -0.1) is 0 Å². The van der Waals surface area contributed by atoms with Gasteiger partial charge < -0.3 is 4.90 Å². The molecule has 2 aliphatic rings. The number of benzene rings is 2. The molecular weight excluding hydrogens is 393 g/mol. The van der Waals surface area contributed by atoms with Crippen LogP contribution in [0.2, 0.25) is 0 Å². The van der Waals surface area contributed by atoms with E-state index in [1.54, 1.807) is 6.20 Å². The minimum absolute atomic E-state index is 0.0173. The van der Waals surface area contributed by atoms with Crippen LogP contribution in [0.4, 0.5) is 4.39 Å². The van der Waals surface area contributed by atoms with Crippen LogP contribution in [-0.4, -0.2) is 58.4 Å². The summed E-state index contributed by atoms with van der Waals surface area (Å²) in [7, 11) is 0. The van der Waals surface area contributed by atoms with Gasteiger partial charge in [-0.3, -0.25) is 19.1 Å². The zero-order valence-corrected chi connectivity index (χ0v) is 17.5. The van der Waals surface area contributed by atoms with Gasteiger partial charge in [0.15, 0.2) is 0 Å². The number of amides is 1. The third-order valence-corrected chi connectivity index (χ3v) is 6.72. The Morgan fingerprint density at radius 2 is 1.55 bits per heavy atom. The van der Waals surface area contributed by atoms with Crippen LogP contribution in [0.25, 0.3) is 10.9 Å². The van der Waals surface area contributed by atoms with Crippen LogP contribution in [0.5, 0.6) is 0 Å². The summed E-state index contributed by atoms with van der Waals surface area (Å²) in [5.74, 6) is -0.608. The van der Waals surface area contributed by atoms with Crippen LogP contribution in [0.1, 0.15) is 46.4 Å². The van der Waals surface area contributed by atoms with Crippen molar-refractivity contribution < 1.29 is 14.0 Å². The molecular formula is C25H26FN3O2. The third kappa shape index (κ3) is 3.76. The molecule has 1 saturated heterocycles. The Balaban J connectivity index is 1.36. The SMILES string of the molecule is O=C(c1cccc2c1ccn2C(=O)c1ccc(F)cc1)N1CCN(C2CCCC2)CC1. The first-order chi connectivity index (χ1) is 15.1. The van der Waals surface area contributed by atoms with Crippen molar-refractivity contribution in [1.29, 1.82) is 0 Å². The fraction of sp³-hybridized carbons (Fsp3) is 0.360. The molecule has 2 heterocycles. The van der Waals surface area contributed by atoms with E-state index in [0.29, 0.717) is 22.7 Å². The average Bonchev–Trinajstić information content (AvgIpc) is 3.49. The molecule has 1 saturated carbocycles. The molecule has 1 aromatic heterocycles. The number of fused-ring (bicyclic) bond motifs is 1. The number of piperazine rings is 1. The molecule has 1 aliphatic carbocycles. The molecule has 31 heavy (non-hydrogen) atoms. The maximum atomic E-state index is 13.3. The van der Waals surface area contributed by atoms with Gasteiger partial charge >= 0.3 is 0 Å². The minimum atomic E-state index is -0.380. The summed E-state index contributed by atoms with van der Waals surface area (Å²) in [5, 5.41) is 0.765. The first kappa shape index (κ1) is 19.9. The Labute approximate surface area is 181 Å². The number of rotatable bonds is 3. The number of hydrogen-bond donors (Lipinski definition) is 0. The van der Waals surface area contributed by atoms with Gasteiger partial charge in [-0.2, -0.15) is 0 Å². The van der Waals surface area contributed by atoms with Gasteiger partial charge in [-0.1, -0.05) is 18.9 Å². The maximum absolute atomic E-state index is 13.3. The van der Waals surface area contributed by atoms with Crippen molar-refractivity contribution in [3.63, 3.8) is 0 Å². The lowest BCUT2D eigenvalue weighted by molar-refractivity contribution is 0.0575. The molecule has 0 spiro atoms. The van der Waals surface area contributed by atoms with Gasteiger partial charge in [-0.25, -0.2) is 4.39 Å². The van der Waals surface area contributed by atoms with Crippen molar-refractivity contribution >= 4 is 22.7 Å². The molecule has 0 bridgehead atoms. The van der Waals surface area contributed by atoms with Crippen LogP contribution in [-0.2, 0) is 0 Å². The van der Waals surface area contributed by atoms with E-state index in [-0.39, 0.29) is 17.6 Å². The predicted molar refractivity (Wildman–Crippen MR) is 118 cm³/mol. The van der Waals surface area contributed by atoms with E-state index >= 15 is 0 Å². The standard InChI is InChI=1S/C25H26FN3O2/c26-19-10-8-18(9-11-19)24(30)29-13-12-21-22(6-3-7-23(21)29)25(31)28-16-14-27(15-17-28)20-4-1-2-5-20/h3,6-13,20H,1-2,4-5,14-17H2. The Morgan fingerprint density at radius 1 is 0.839 bits per heavy atom. The van der Waals surface area contributed by atoms with Gasteiger partial charge in [0.1, 0.15) is 5.82 Å². The molecule has 0 N–H and O–H groups in total. The van der Waals surface area contributed by atoms with Crippen LogP contribution >= 0.6 is 0 Å². The molecule has 3 aromatic rings. The highest BCUT2D eigenvalue weighted by molar-refractivity contribution is 6.10. The second kappa shape index (κ2) is 8.27. The normalized spacial score (nSPS) is 18.0. The van der Waals surface area contributed by atoms with E-state index in [9.17, 15) is 14.0 Å². The quantitative estimate of drug-likeness (QED) is 0.640. The average molecular weight is 420 g/mol. The zero-order valence-electron chi connectivity index (χ0n) is 17.5. The molecule has 2 aromatic carbocycles. The lowest BCUT2D eigenvalue weighted by atomic mass is 10.1. The molecule has 0 atom stereocenters. The molecule has 5 rings (SSSR count). The van der Waals surface area contributed by atoms with Crippen molar-refractivity contribution in [1.82, 2.24) is 14.4 Å². The first-order valence-corrected chi connectivity index (χ1v) is 11.1. The van der Waals surface area contributed by atoms with Gasteiger partial charge in [-0.05, 0) is 55.3 Å². The van der Waals surface area contributed by atoms with E-state index in [4.69, 9.17) is 0 Å². The number of carbonyl (C=O) groups excluding carboxylic acids is 2. The maximum Gasteiger partial charge on any atom is 0.262 e. The number of halogens is 1. The molecule has 1 aliphatic heterocycles. The van der Waals surface area contributed by atoms with Gasteiger partial charge in [0.05, 0.1) is 5.52 Å². The fourth-order valence-corrected chi connectivity index (χ4v) is 4.99. The smallest absolute Gasteiger partial charge is 0.262 e. The Kier molecular flexibility index (Phi) is 5.32. The molecule has 5 nitrogen and oxygen atoms in total. The Hall–Kier alpha value is -2.99. The van der Waals surface area contributed by atoms with E-state index in [1.165, 1.54) is 54.5 Å². The van der Waals surface area contributed by atoms with Crippen LogP contribution in [0.15, 0.2) is 54.7 Å². The van der Waals surface area contributed by atoms with Crippen molar-refractivity contribution in [2.75, 3.05) is 26.2 Å². The lowest BCUT2D eigenvalue weighted by Crippen LogP contribution is -2.51. The van der Waals surface area contributed by atoms with E-state index in [0.717, 1.165) is 31.6 Å². The summed E-state index contributed by atoms with van der Waals surface area (Å²) in [6.07, 6.45) is 6.88. The second-order valence-electron chi connectivity index (χ2n) is 8.50. The van der Waals surface area contributed by atoms with Crippen molar-refractivity contribution in [2.45, 2.75) is 31.7 Å². The highest BCUT2D eigenvalue weighted by Gasteiger charge is 2.29. The van der Waals surface area contributed by atoms with Gasteiger partial charge in [0, 0.05) is 54.9 Å². The molecule has 0 unspecified atom stereocenters. The summed E-state index contributed by atoms with van der Waals surface area (Å²) in [6, 6.07) is 13.5. The summed E-state index contributed by atoms with van der Waals surface area (Å²) < 4.78 is 14.7. The van der Waals surface area contributed by atoms with Crippen molar-refractivity contribution in [3.05, 3.63) is 71.7 Å². The van der Waals surface area contributed by atoms with Gasteiger partial charge in [0.25, 0.3) is 11.8 Å². The number of hydrogen-bond acceptors (Lipinski definition) is 3. The third-order valence-electron chi connectivity index (χ3n) is 6.72. The molecule has 1 amide bonds. The van der Waals surface area contributed by atoms with E-state index in [1.807, 2.05) is 29.2 Å². The number of nitrogens with zero attached hydrogens (tertiary/aromatic N) is 3. The zero-order chi connectivity index (χ0) is 21.4. The lowest BCUT2D eigenvalue weighted by Gasteiger charge is -2.38. The molecule has 2 fully saturated rings. The topological polar surface area (TPSA) is 45.6 Å². The Morgan fingerprint density at radius 3 is 2.26 bits per heavy atom. The summed E-state index contributed by atoms with van der Waals surface area (Å²) >= 11 is 0.